The normalized spacial score (nSPS) is 12.7. The lowest BCUT2D eigenvalue weighted by Crippen LogP contribution is -2.35. The van der Waals surface area contributed by atoms with Gasteiger partial charge in [0.15, 0.2) is 11.7 Å². The van der Waals surface area contributed by atoms with Gasteiger partial charge in [0, 0.05) is 29.6 Å². The van der Waals surface area contributed by atoms with E-state index in [1.54, 1.807) is 32.2 Å². The van der Waals surface area contributed by atoms with Crippen molar-refractivity contribution in [3.8, 4) is 17.0 Å². The molecule has 1 aliphatic rings. The largest absolute Gasteiger partial charge is 0.482 e. The Kier molecular flexibility index (Phi) is 5.47. The molecule has 4 rings (SSSR count). The highest BCUT2D eigenvalue weighted by Crippen LogP contribution is 2.38. The second kappa shape index (κ2) is 8.27. The first kappa shape index (κ1) is 21.8. The summed E-state index contributed by atoms with van der Waals surface area (Å²) in [7, 11) is 1.64. The van der Waals surface area contributed by atoms with Gasteiger partial charge in [-0.25, -0.2) is 4.98 Å². The Morgan fingerprint density at radius 3 is 2.45 bits per heavy atom. The summed E-state index contributed by atoms with van der Waals surface area (Å²) in [6.07, 6.45) is 0. The van der Waals surface area contributed by atoms with Crippen LogP contribution in [0.1, 0.15) is 15.2 Å². The second-order valence-electron chi connectivity index (χ2n) is 7.05. The van der Waals surface area contributed by atoms with E-state index < -0.39 is 27.1 Å². The third-order valence-corrected chi connectivity index (χ3v) is 5.81. The summed E-state index contributed by atoms with van der Waals surface area (Å²) in [6.45, 7) is 1.76. The molecule has 0 aliphatic carbocycles. The number of nitro benzene ring substituents is 2. The third-order valence-electron chi connectivity index (χ3n) is 4.92. The molecule has 0 saturated carbocycles. The maximum Gasteiger partial charge on any atom is 0.277 e. The molecular weight excluding hydrogens is 454 g/mol. The van der Waals surface area contributed by atoms with E-state index >= 15 is 0 Å². The van der Waals surface area contributed by atoms with Gasteiger partial charge in [-0.05, 0) is 25.1 Å². The predicted octanol–water partition coefficient (Wildman–Crippen LogP) is 3.54. The second-order valence-corrected chi connectivity index (χ2v) is 8.26. The van der Waals surface area contributed by atoms with Crippen molar-refractivity contribution in [2.24, 2.45) is 0 Å². The van der Waals surface area contributed by atoms with Crippen LogP contribution in [0.25, 0.3) is 11.3 Å². The molecule has 3 aromatic rings. The van der Waals surface area contributed by atoms with Gasteiger partial charge in [-0.1, -0.05) is 0 Å². The van der Waals surface area contributed by atoms with Gasteiger partial charge in [0.25, 0.3) is 23.2 Å². The summed E-state index contributed by atoms with van der Waals surface area (Å²) in [5.74, 6) is -0.394. The van der Waals surface area contributed by atoms with E-state index in [2.05, 4.69) is 10.3 Å². The topological polar surface area (TPSA) is 158 Å². The van der Waals surface area contributed by atoms with Crippen LogP contribution in [-0.4, -0.2) is 40.3 Å². The van der Waals surface area contributed by atoms with Gasteiger partial charge in [0.05, 0.1) is 32.9 Å². The first-order valence-electron chi connectivity index (χ1n) is 9.40. The van der Waals surface area contributed by atoms with E-state index in [9.17, 15) is 29.8 Å². The van der Waals surface area contributed by atoms with Crippen LogP contribution < -0.4 is 15.0 Å². The summed E-state index contributed by atoms with van der Waals surface area (Å²) >= 11 is 1.17. The number of fused-ring (bicyclic) bond motifs is 1. The van der Waals surface area contributed by atoms with Crippen LogP contribution in [0.15, 0.2) is 36.4 Å². The Labute approximate surface area is 189 Å². The molecule has 0 bridgehead atoms. The smallest absolute Gasteiger partial charge is 0.277 e. The number of benzene rings is 2. The number of thiazole rings is 1. The Morgan fingerprint density at radius 1 is 1.15 bits per heavy atom. The molecule has 0 spiro atoms. The maximum atomic E-state index is 12.6. The summed E-state index contributed by atoms with van der Waals surface area (Å²) in [6, 6.07) is 7.96. The number of carbonyl (C=O) groups excluding carboxylic acids is 2. The van der Waals surface area contributed by atoms with Crippen LogP contribution in [0.5, 0.6) is 5.75 Å². The zero-order valence-corrected chi connectivity index (χ0v) is 18.0. The molecule has 1 aromatic heterocycles. The Morgan fingerprint density at radius 2 is 1.82 bits per heavy atom. The van der Waals surface area contributed by atoms with Crippen molar-refractivity contribution in [3.63, 3.8) is 0 Å². The minimum atomic E-state index is -0.809. The number of nitrogens with zero attached hydrogens (tertiary/aromatic N) is 4. The summed E-state index contributed by atoms with van der Waals surface area (Å²) in [5.41, 5.74) is 0.469. The third kappa shape index (κ3) is 4.21. The van der Waals surface area contributed by atoms with Crippen LogP contribution in [0.3, 0.4) is 0 Å². The van der Waals surface area contributed by atoms with Gasteiger partial charge in [-0.2, -0.15) is 0 Å². The molecule has 0 atom stereocenters. The number of anilines is 2. The minimum Gasteiger partial charge on any atom is -0.482 e. The molecule has 168 valence electrons. The molecule has 1 N–H and O–H groups in total. The number of amides is 2. The minimum absolute atomic E-state index is 0.0371. The lowest BCUT2D eigenvalue weighted by atomic mass is 10.1. The van der Waals surface area contributed by atoms with E-state index in [0.29, 0.717) is 22.7 Å². The Bertz CT molecular complexity index is 1300. The van der Waals surface area contributed by atoms with Gasteiger partial charge in [-0.15, -0.1) is 11.3 Å². The maximum absolute atomic E-state index is 12.6. The molecule has 0 saturated heterocycles. The lowest BCUT2D eigenvalue weighted by Gasteiger charge is -2.26. The van der Waals surface area contributed by atoms with Gasteiger partial charge in [0.1, 0.15) is 5.75 Å². The van der Waals surface area contributed by atoms with Crippen LogP contribution in [0.4, 0.5) is 22.2 Å². The molecule has 2 amide bonds. The van der Waals surface area contributed by atoms with Crippen molar-refractivity contribution in [1.29, 1.82) is 0 Å². The average Bonchev–Trinajstić information content (AvgIpc) is 3.15. The fourth-order valence-corrected chi connectivity index (χ4v) is 4.07. The summed E-state index contributed by atoms with van der Waals surface area (Å²) in [5, 5.41) is 24.9. The van der Waals surface area contributed by atoms with Crippen molar-refractivity contribution in [2.45, 2.75) is 6.92 Å². The number of nitro groups is 2. The highest BCUT2D eigenvalue weighted by atomic mass is 32.1. The van der Waals surface area contributed by atoms with Gasteiger partial charge >= 0.3 is 0 Å². The standard InChI is InChI=1S/C20H15N5O7S/c1-10-18(11-3-4-16-15(7-11)23(2)17(26)9-32-16)21-20(33-10)22-19(27)12-5-13(24(28)29)8-14(6-12)25(30)31/h3-8H,9H2,1-2H3,(H,21,22,27). The number of aromatic nitrogens is 1. The Hall–Kier alpha value is -4.39. The first-order chi connectivity index (χ1) is 15.6. The van der Waals surface area contributed by atoms with Gasteiger partial charge in [0.2, 0.25) is 0 Å². The number of carbonyl (C=O) groups is 2. The highest BCUT2D eigenvalue weighted by molar-refractivity contribution is 7.16. The summed E-state index contributed by atoms with van der Waals surface area (Å²) < 4.78 is 5.43. The lowest BCUT2D eigenvalue weighted by molar-refractivity contribution is -0.394. The number of likely N-dealkylation sites (N-methyl/N-ethyl adjacent to an activating group) is 1. The number of hydrogen-bond donors (Lipinski definition) is 1. The number of rotatable bonds is 5. The van der Waals surface area contributed by atoms with Crippen LogP contribution >= 0.6 is 11.3 Å². The number of nitrogens with one attached hydrogen (secondary N) is 1. The van der Waals surface area contributed by atoms with Crippen LogP contribution in [-0.2, 0) is 4.79 Å². The zero-order valence-electron chi connectivity index (χ0n) is 17.2. The molecule has 0 radical (unpaired) electrons. The van der Waals surface area contributed by atoms with Crippen molar-refractivity contribution in [3.05, 3.63) is 67.1 Å². The zero-order chi connectivity index (χ0) is 23.9. The highest BCUT2D eigenvalue weighted by Gasteiger charge is 2.24. The van der Waals surface area contributed by atoms with E-state index in [1.807, 2.05) is 0 Å². The number of ether oxygens (including phenoxy) is 1. The monoisotopic (exact) mass is 469 g/mol. The van der Waals surface area contributed by atoms with Crippen LogP contribution in [0, 0.1) is 27.2 Å². The molecule has 33 heavy (non-hydrogen) atoms. The van der Waals surface area contributed by atoms with Crippen LogP contribution in [0.2, 0.25) is 0 Å². The van der Waals surface area contributed by atoms with Crippen molar-refractivity contribution < 1.29 is 24.2 Å². The van der Waals surface area contributed by atoms with Gasteiger partial charge < -0.3 is 9.64 Å². The van der Waals surface area contributed by atoms with E-state index in [1.165, 1.54) is 16.2 Å². The van der Waals surface area contributed by atoms with Crippen molar-refractivity contribution in [1.82, 2.24) is 4.98 Å². The fourth-order valence-electron chi connectivity index (χ4n) is 3.24. The molecule has 13 heteroatoms. The molecule has 0 fully saturated rings. The first-order valence-corrected chi connectivity index (χ1v) is 10.2. The average molecular weight is 469 g/mol. The quantitative estimate of drug-likeness (QED) is 0.439. The molecule has 2 aromatic carbocycles. The molecule has 1 aliphatic heterocycles. The fraction of sp³-hybridized carbons (Fsp3) is 0.150. The molecule has 0 unspecified atom stereocenters. The van der Waals surface area contributed by atoms with Crippen molar-refractivity contribution >= 4 is 45.3 Å². The van der Waals surface area contributed by atoms with E-state index in [-0.39, 0.29) is 23.2 Å². The van der Waals surface area contributed by atoms with E-state index in [4.69, 9.17) is 4.74 Å². The predicted molar refractivity (Wildman–Crippen MR) is 119 cm³/mol. The van der Waals surface area contributed by atoms with E-state index in [0.717, 1.165) is 23.1 Å². The van der Waals surface area contributed by atoms with Gasteiger partial charge in [-0.3, -0.25) is 35.1 Å². The molecular formula is C20H15N5O7S. The molecule has 12 nitrogen and oxygen atoms in total. The summed E-state index contributed by atoms with van der Waals surface area (Å²) in [4.78, 5) is 51.8. The SMILES string of the molecule is Cc1sc(NC(=O)c2cc([N+](=O)[O-])cc([N+](=O)[O-])c2)nc1-c1ccc2c(c1)N(C)C(=O)CO2. The Balaban J connectivity index is 1.63. The number of aryl methyl sites for hydroxylation is 1. The number of non-ortho nitro benzene ring substituents is 2. The molecule has 2 heterocycles. The number of hydrogen-bond acceptors (Lipinski definition) is 9. The van der Waals surface area contributed by atoms with Crippen molar-refractivity contribution in [2.75, 3.05) is 23.9 Å².